The van der Waals surface area contributed by atoms with Crippen molar-refractivity contribution >= 4 is 31.4 Å². The lowest BCUT2D eigenvalue weighted by Gasteiger charge is -2.15. The van der Waals surface area contributed by atoms with Crippen molar-refractivity contribution in [1.29, 1.82) is 0 Å². The predicted molar refractivity (Wildman–Crippen MR) is 111 cm³/mol. The van der Waals surface area contributed by atoms with E-state index in [1.165, 1.54) is 0 Å². The fourth-order valence-corrected chi connectivity index (χ4v) is 5.18. The summed E-state index contributed by atoms with van der Waals surface area (Å²) >= 11 is 0. The molecule has 3 aromatic rings. The van der Waals surface area contributed by atoms with Crippen molar-refractivity contribution in [2.45, 2.75) is 9.79 Å². The van der Waals surface area contributed by atoms with E-state index in [1.54, 1.807) is 9.44 Å². The number of ether oxygens (including phenoxy) is 1. The number of phenols is 2. The largest absolute Gasteiger partial charge is 0.508 e. The van der Waals surface area contributed by atoms with Crippen LogP contribution in [0.2, 0.25) is 0 Å². The van der Waals surface area contributed by atoms with Crippen LogP contribution in [0, 0.1) is 23.3 Å². The number of anilines is 2. The highest BCUT2D eigenvalue weighted by Gasteiger charge is 2.27. The van der Waals surface area contributed by atoms with Gasteiger partial charge in [0.05, 0.1) is 12.0 Å². The minimum absolute atomic E-state index is 0.434. The van der Waals surface area contributed by atoms with Crippen LogP contribution in [0.3, 0.4) is 0 Å². The van der Waals surface area contributed by atoms with Gasteiger partial charge in [0.2, 0.25) is 0 Å². The molecule has 3 aromatic carbocycles. The summed E-state index contributed by atoms with van der Waals surface area (Å²) in [6.45, 7) is 0. The van der Waals surface area contributed by atoms with Gasteiger partial charge in [0, 0.05) is 24.3 Å². The third-order valence-electron chi connectivity index (χ3n) is 4.26. The molecule has 0 aliphatic carbocycles. The molecule has 0 spiro atoms. The molecule has 0 bridgehead atoms. The molecule has 0 aliphatic rings. The molecule has 0 fully saturated rings. The van der Waals surface area contributed by atoms with Crippen LogP contribution in [0.5, 0.6) is 17.2 Å². The summed E-state index contributed by atoms with van der Waals surface area (Å²) in [6.07, 6.45) is 0. The summed E-state index contributed by atoms with van der Waals surface area (Å²) in [4.78, 5) is -1.70. The fraction of sp³-hybridized carbons (Fsp3) is 0.0526. The monoisotopic (exact) mass is 522 g/mol. The number of benzene rings is 3. The van der Waals surface area contributed by atoms with E-state index in [0.717, 1.165) is 19.2 Å². The molecule has 34 heavy (non-hydrogen) atoms. The predicted octanol–water partition coefficient (Wildman–Crippen LogP) is 3.26. The first-order valence-corrected chi connectivity index (χ1v) is 11.8. The zero-order valence-corrected chi connectivity index (χ0v) is 18.4. The number of hydrogen-bond acceptors (Lipinski definition) is 7. The maximum Gasteiger partial charge on any atom is 0.265 e. The molecule has 15 heteroatoms. The molecule has 0 aliphatic heterocycles. The molecule has 0 heterocycles. The lowest BCUT2D eigenvalue weighted by atomic mass is 10.3. The number of methoxy groups -OCH3 is 1. The third-order valence-corrected chi connectivity index (χ3v) is 6.98. The van der Waals surface area contributed by atoms with Crippen molar-refractivity contribution in [3.63, 3.8) is 0 Å². The minimum Gasteiger partial charge on any atom is -0.508 e. The highest BCUT2D eigenvalue weighted by molar-refractivity contribution is 7.93. The first-order valence-electron chi connectivity index (χ1n) is 8.85. The van der Waals surface area contributed by atoms with E-state index in [9.17, 15) is 44.6 Å². The molecule has 4 N–H and O–H groups in total. The van der Waals surface area contributed by atoms with Gasteiger partial charge in [-0.25, -0.2) is 34.4 Å². The van der Waals surface area contributed by atoms with E-state index < -0.39 is 81.7 Å². The van der Waals surface area contributed by atoms with Crippen LogP contribution in [0.4, 0.5) is 28.9 Å². The van der Waals surface area contributed by atoms with Gasteiger partial charge >= 0.3 is 0 Å². The molecular weight excluding hydrogens is 508 g/mol. The quantitative estimate of drug-likeness (QED) is 0.276. The Morgan fingerprint density at radius 1 is 0.706 bits per heavy atom. The maximum absolute atomic E-state index is 14.0. The maximum atomic E-state index is 14.0. The first kappa shape index (κ1) is 24.9. The van der Waals surface area contributed by atoms with Gasteiger partial charge in [0.25, 0.3) is 20.0 Å². The fourth-order valence-electron chi connectivity index (χ4n) is 2.73. The average molecular weight is 522 g/mol. The van der Waals surface area contributed by atoms with Crippen molar-refractivity contribution < 1.29 is 49.3 Å². The Morgan fingerprint density at radius 2 is 1.12 bits per heavy atom. The Balaban J connectivity index is 2.07. The van der Waals surface area contributed by atoms with Crippen LogP contribution in [-0.2, 0) is 20.0 Å². The van der Waals surface area contributed by atoms with E-state index in [0.29, 0.717) is 30.3 Å². The minimum atomic E-state index is -4.90. The summed E-state index contributed by atoms with van der Waals surface area (Å²) in [5, 5.41) is 18.4. The normalized spacial score (nSPS) is 11.8. The second-order valence-electron chi connectivity index (χ2n) is 6.59. The van der Waals surface area contributed by atoms with Crippen LogP contribution < -0.4 is 14.2 Å². The van der Waals surface area contributed by atoms with Crippen LogP contribution in [0.1, 0.15) is 0 Å². The van der Waals surface area contributed by atoms with Gasteiger partial charge < -0.3 is 14.9 Å². The van der Waals surface area contributed by atoms with Crippen molar-refractivity contribution in [3.8, 4) is 17.2 Å². The second-order valence-corrected chi connectivity index (χ2v) is 9.93. The van der Waals surface area contributed by atoms with Crippen molar-refractivity contribution in [2.75, 3.05) is 16.6 Å². The van der Waals surface area contributed by atoms with Crippen molar-refractivity contribution in [3.05, 3.63) is 65.7 Å². The van der Waals surface area contributed by atoms with E-state index in [4.69, 9.17) is 4.74 Å². The SMILES string of the molecule is COc1ccc(S(=O)(=O)Nc2c(F)cc(O)cc2F)cc1S(=O)(=O)Nc1c(F)cc(O)cc1F. The molecule has 0 unspecified atom stereocenters. The number of nitrogens with one attached hydrogen (secondary N) is 2. The van der Waals surface area contributed by atoms with Gasteiger partial charge in [-0.1, -0.05) is 0 Å². The van der Waals surface area contributed by atoms with Crippen LogP contribution in [-0.4, -0.2) is 34.2 Å². The summed E-state index contributed by atoms with van der Waals surface area (Å²) in [5.41, 5.74) is -2.32. The van der Waals surface area contributed by atoms with Gasteiger partial charge in [-0.3, -0.25) is 9.44 Å². The molecule has 3 rings (SSSR count). The van der Waals surface area contributed by atoms with Crippen molar-refractivity contribution in [1.82, 2.24) is 0 Å². The average Bonchev–Trinajstić information content (AvgIpc) is 2.73. The number of aromatic hydroxyl groups is 2. The van der Waals surface area contributed by atoms with E-state index >= 15 is 0 Å². The topological polar surface area (TPSA) is 142 Å². The highest BCUT2D eigenvalue weighted by atomic mass is 32.2. The highest BCUT2D eigenvalue weighted by Crippen LogP contribution is 2.33. The van der Waals surface area contributed by atoms with Gasteiger partial charge in [-0.15, -0.1) is 0 Å². The van der Waals surface area contributed by atoms with Crippen LogP contribution >= 0.6 is 0 Å². The standard InChI is InChI=1S/C19H14F4N2O7S2/c1-32-16-3-2-11(33(28,29)24-18-12(20)4-9(26)5-13(18)21)8-17(16)34(30,31)25-19-14(22)6-10(27)7-15(19)23/h2-8,24-27H,1H3. The second kappa shape index (κ2) is 8.90. The third kappa shape index (κ3) is 4.94. The summed E-state index contributed by atoms with van der Waals surface area (Å²) in [6, 6.07) is 4.00. The molecular formula is C19H14F4N2O7S2. The molecule has 0 radical (unpaired) electrons. The molecule has 0 atom stereocenters. The van der Waals surface area contributed by atoms with Crippen LogP contribution in [0.15, 0.2) is 52.3 Å². The number of halogens is 4. The number of phenolic OH excluding ortho intramolecular Hbond substituents is 2. The Bertz CT molecular complexity index is 1450. The number of hydrogen-bond donors (Lipinski definition) is 4. The first-order chi connectivity index (χ1) is 15.7. The Kier molecular flexibility index (Phi) is 6.53. The van der Waals surface area contributed by atoms with Crippen molar-refractivity contribution in [2.24, 2.45) is 0 Å². The molecule has 182 valence electrons. The Hall–Kier alpha value is -3.72. The Morgan fingerprint density at radius 3 is 1.53 bits per heavy atom. The zero-order chi connectivity index (χ0) is 25.4. The Labute approximate surface area is 190 Å². The van der Waals surface area contributed by atoms with Gasteiger partial charge in [0.15, 0.2) is 23.3 Å². The molecule has 0 saturated carbocycles. The summed E-state index contributed by atoms with van der Waals surface area (Å²) in [5.74, 6) is -7.91. The molecule has 9 nitrogen and oxygen atoms in total. The smallest absolute Gasteiger partial charge is 0.265 e. The zero-order valence-electron chi connectivity index (χ0n) is 16.8. The molecule has 0 amide bonds. The number of rotatable bonds is 7. The van der Waals surface area contributed by atoms with Gasteiger partial charge in [-0.05, 0) is 18.2 Å². The molecule has 0 aromatic heterocycles. The van der Waals surface area contributed by atoms with Gasteiger partial charge in [-0.2, -0.15) is 0 Å². The summed E-state index contributed by atoms with van der Waals surface area (Å²) in [7, 11) is -8.68. The summed E-state index contributed by atoms with van der Waals surface area (Å²) < 4.78 is 115. The van der Waals surface area contributed by atoms with E-state index in [-0.39, 0.29) is 0 Å². The lowest BCUT2D eigenvalue weighted by Crippen LogP contribution is -2.19. The van der Waals surface area contributed by atoms with Crippen LogP contribution in [0.25, 0.3) is 0 Å². The molecule has 0 saturated heterocycles. The number of sulfonamides is 2. The lowest BCUT2D eigenvalue weighted by molar-refractivity contribution is 0.402. The van der Waals surface area contributed by atoms with Gasteiger partial charge in [0.1, 0.15) is 33.5 Å². The van der Waals surface area contributed by atoms with E-state index in [2.05, 4.69) is 0 Å². The van der Waals surface area contributed by atoms with E-state index in [1.807, 2.05) is 0 Å².